The zero-order valence-electron chi connectivity index (χ0n) is 13.7. The highest BCUT2D eigenvalue weighted by atomic mass is 16.7. The van der Waals surface area contributed by atoms with E-state index in [-0.39, 0.29) is 0 Å². The molecule has 1 aromatic rings. The molecule has 0 saturated heterocycles. The molecular formula is C16H23NO5. The summed E-state index contributed by atoms with van der Waals surface area (Å²) >= 11 is 0. The molecule has 0 aromatic heterocycles. The van der Waals surface area contributed by atoms with E-state index < -0.39 is 12.2 Å². The number of rotatable bonds is 9. The molecule has 0 aliphatic carbocycles. The van der Waals surface area contributed by atoms with Crippen LogP contribution < -0.4 is 9.47 Å². The van der Waals surface area contributed by atoms with Gasteiger partial charge in [-0.2, -0.15) is 5.26 Å². The van der Waals surface area contributed by atoms with Gasteiger partial charge in [0, 0.05) is 21.3 Å². The van der Waals surface area contributed by atoms with Crippen molar-refractivity contribution in [3.63, 3.8) is 0 Å². The lowest BCUT2D eigenvalue weighted by Crippen LogP contribution is -2.25. The van der Waals surface area contributed by atoms with E-state index in [1.165, 1.54) is 14.2 Å². The van der Waals surface area contributed by atoms with E-state index in [9.17, 15) is 5.26 Å². The Labute approximate surface area is 131 Å². The van der Waals surface area contributed by atoms with Gasteiger partial charge < -0.3 is 23.7 Å². The zero-order valence-corrected chi connectivity index (χ0v) is 13.7. The van der Waals surface area contributed by atoms with Crippen molar-refractivity contribution in [2.24, 2.45) is 5.92 Å². The van der Waals surface area contributed by atoms with Crippen LogP contribution in [-0.4, -0.2) is 41.8 Å². The highest BCUT2D eigenvalue weighted by molar-refractivity contribution is 5.48. The van der Waals surface area contributed by atoms with E-state index >= 15 is 0 Å². The Morgan fingerprint density at radius 2 is 1.55 bits per heavy atom. The van der Waals surface area contributed by atoms with Crippen molar-refractivity contribution >= 4 is 0 Å². The van der Waals surface area contributed by atoms with E-state index in [1.54, 1.807) is 21.3 Å². The molecule has 0 aliphatic heterocycles. The molecule has 0 fully saturated rings. The lowest BCUT2D eigenvalue weighted by atomic mass is 9.98. The van der Waals surface area contributed by atoms with Gasteiger partial charge in [0.15, 0.2) is 6.29 Å². The number of ether oxygens (including phenoxy) is 5. The van der Waals surface area contributed by atoms with Crippen molar-refractivity contribution in [3.05, 3.63) is 23.3 Å². The lowest BCUT2D eigenvalue weighted by molar-refractivity contribution is -0.124. The van der Waals surface area contributed by atoms with Crippen molar-refractivity contribution in [1.29, 1.82) is 5.26 Å². The maximum Gasteiger partial charge on any atom is 0.172 e. The molecule has 22 heavy (non-hydrogen) atoms. The van der Waals surface area contributed by atoms with Crippen LogP contribution in [0.25, 0.3) is 0 Å². The molecule has 6 heteroatoms. The van der Waals surface area contributed by atoms with Gasteiger partial charge in [-0.1, -0.05) is 0 Å². The van der Waals surface area contributed by atoms with E-state index in [2.05, 4.69) is 6.07 Å². The highest BCUT2D eigenvalue weighted by Crippen LogP contribution is 2.32. The molecule has 1 unspecified atom stereocenters. The van der Waals surface area contributed by atoms with E-state index in [0.29, 0.717) is 24.5 Å². The molecule has 0 heterocycles. The number of hydrogen-bond acceptors (Lipinski definition) is 6. The summed E-state index contributed by atoms with van der Waals surface area (Å²) in [4.78, 5) is 0. The van der Waals surface area contributed by atoms with E-state index in [1.807, 2.05) is 12.1 Å². The summed E-state index contributed by atoms with van der Waals surface area (Å²) in [6, 6.07) is 5.97. The Morgan fingerprint density at radius 3 is 1.91 bits per heavy atom. The van der Waals surface area contributed by atoms with Gasteiger partial charge >= 0.3 is 0 Å². The quantitative estimate of drug-likeness (QED) is 0.651. The predicted octanol–water partition coefficient (Wildman–Crippen LogP) is 2.15. The van der Waals surface area contributed by atoms with Gasteiger partial charge in [-0.05, 0) is 24.1 Å². The van der Waals surface area contributed by atoms with Gasteiger partial charge in [-0.3, -0.25) is 0 Å². The summed E-state index contributed by atoms with van der Waals surface area (Å²) in [6.45, 7) is 0.382. The van der Waals surface area contributed by atoms with Crippen molar-refractivity contribution < 1.29 is 23.7 Å². The summed E-state index contributed by atoms with van der Waals surface area (Å²) in [6.07, 6.45) is -0.122. The maximum absolute atomic E-state index is 9.32. The molecule has 0 N–H and O–H groups in total. The molecule has 1 aromatic carbocycles. The number of methoxy groups -OCH3 is 5. The molecule has 0 saturated carbocycles. The van der Waals surface area contributed by atoms with Gasteiger partial charge in [0.1, 0.15) is 17.4 Å². The maximum atomic E-state index is 9.32. The number of nitrogens with zero attached hydrogens (tertiary/aromatic N) is 1. The average Bonchev–Trinajstić information content (AvgIpc) is 2.55. The SMILES string of the molecule is COCc1c(OC)cc(CC(C#N)C(OC)OC)cc1OC. The molecule has 6 nitrogen and oxygen atoms in total. The fourth-order valence-electron chi connectivity index (χ4n) is 2.32. The Hall–Kier alpha value is -1.81. The molecule has 0 amide bonds. The zero-order chi connectivity index (χ0) is 16.5. The van der Waals surface area contributed by atoms with Crippen LogP contribution in [0.2, 0.25) is 0 Å². The minimum absolute atomic E-state index is 0.382. The van der Waals surface area contributed by atoms with E-state index in [4.69, 9.17) is 23.7 Å². The minimum Gasteiger partial charge on any atom is -0.496 e. The fraction of sp³-hybridized carbons (Fsp3) is 0.562. The third-order valence-electron chi connectivity index (χ3n) is 3.37. The fourth-order valence-corrected chi connectivity index (χ4v) is 2.32. The Balaban J connectivity index is 3.12. The molecule has 122 valence electrons. The second-order valence-electron chi connectivity index (χ2n) is 4.69. The summed E-state index contributed by atoms with van der Waals surface area (Å²) in [5.41, 5.74) is 1.74. The van der Waals surface area contributed by atoms with Crippen molar-refractivity contribution in [1.82, 2.24) is 0 Å². The largest absolute Gasteiger partial charge is 0.496 e. The van der Waals surface area contributed by atoms with Gasteiger partial charge in [-0.15, -0.1) is 0 Å². The standard InChI is InChI=1S/C16H23NO5/c1-18-10-13-14(19-2)7-11(8-15(13)20-3)6-12(9-17)16(21-4)22-5/h7-8,12,16H,6,10H2,1-5H3. The number of nitriles is 1. The lowest BCUT2D eigenvalue weighted by Gasteiger charge is -2.20. The summed E-state index contributed by atoms with van der Waals surface area (Å²) < 4.78 is 26.3. The predicted molar refractivity (Wildman–Crippen MR) is 80.9 cm³/mol. The molecule has 0 spiro atoms. The Bertz CT molecular complexity index is 483. The summed E-state index contributed by atoms with van der Waals surface area (Å²) in [5, 5.41) is 9.32. The highest BCUT2D eigenvalue weighted by Gasteiger charge is 2.22. The van der Waals surface area contributed by atoms with Gasteiger partial charge in [-0.25, -0.2) is 0 Å². The Morgan fingerprint density at radius 1 is 1.00 bits per heavy atom. The first kappa shape index (κ1) is 18.2. The number of benzene rings is 1. The molecule has 0 aliphatic rings. The smallest absolute Gasteiger partial charge is 0.172 e. The van der Waals surface area contributed by atoms with Crippen LogP contribution in [-0.2, 0) is 27.2 Å². The molecule has 1 atom stereocenters. The van der Waals surface area contributed by atoms with Gasteiger partial charge in [0.2, 0.25) is 0 Å². The van der Waals surface area contributed by atoms with Crippen LogP contribution in [0.1, 0.15) is 11.1 Å². The number of hydrogen-bond donors (Lipinski definition) is 0. The van der Waals surface area contributed by atoms with Crippen LogP contribution in [0.3, 0.4) is 0 Å². The van der Waals surface area contributed by atoms with Crippen LogP contribution in [0.5, 0.6) is 11.5 Å². The van der Waals surface area contributed by atoms with Crippen LogP contribution in [0.15, 0.2) is 12.1 Å². The normalized spacial score (nSPS) is 12.0. The van der Waals surface area contributed by atoms with E-state index in [0.717, 1.165) is 11.1 Å². The first-order valence-corrected chi connectivity index (χ1v) is 6.83. The summed E-state index contributed by atoms with van der Waals surface area (Å²) in [7, 11) is 7.82. The van der Waals surface area contributed by atoms with Crippen molar-refractivity contribution in [3.8, 4) is 17.6 Å². The molecule has 0 radical (unpaired) electrons. The molecule has 0 bridgehead atoms. The van der Waals surface area contributed by atoms with Crippen LogP contribution in [0, 0.1) is 17.2 Å². The van der Waals surface area contributed by atoms with Crippen LogP contribution in [0.4, 0.5) is 0 Å². The van der Waals surface area contributed by atoms with Gasteiger partial charge in [0.05, 0.1) is 32.5 Å². The first-order chi connectivity index (χ1) is 10.6. The average molecular weight is 309 g/mol. The molecule has 1 rings (SSSR count). The van der Waals surface area contributed by atoms with Gasteiger partial charge in [0.25, 0.3) is 0 Å². The van der Waals surface area contributed by atoms with Crippen LogP contribution >= 0.6 is 0 Å². The third-order valence-corrected chi connectivity index (χ3v) is 3.37. The summed E-state index contributed by atoms with van der Waals surface area (Å²) in [5.74, 6) is 0.899. The first-order valence-electron chi connectivity index (χ1n) is 6.83. The topological polar surface area (TPSA) is 69.9 Å². The second-order valence-corrected chi connectivity index (χ2v) is 4.69. The van der Waals surface area contributed by atoms with Crippen molar-refractivity contribution in [2.75, 3.05) is 35.5 Å². The third kappa shape index (κ3) is 4.34. The monoisotopic (exact) mass is 309 g/mol. The molecular weight excluding hydrogens is 286 g/mol. The Kier molecular flexibility index (Phi) is 7.67. The van der Waals surface area contributed by atoms with Crippen molar-refractivity contribution in [2.45, 2.75) is 19.3 Å². The second kappa shape index (κ2) is 9.26. The minimum atomic E-state index is -0.583.